The number of aromatic nitrogens is 2. The number of hydrogen-bond donors (Lipinski definition) is 2. The van der Waals surface area contributed by atoms with E-state index in [0.717, 1.165) is 10.7 Å². The Morgan fingerprint density at radius 2 is 2.30 bits per heavy atom. The predicted octanol–water partition coefficient (Wildman–Crippen LogP) is 3.01. The summed E-state index contributed by atoms with van der Waals surface area (Å²) in [5, 5.41) is 15.3. The lowest BCUT2D eigenvalue weighted by Crippen LogP contribution is -2.12. The van der Waals surface area contributed by atoms with Crippen LogP contribution in [-0.4, -0.2) is 27.6 Å². The van der Waals surface area contributed by atoms with Crippen molar-refractivity contribution < 1.29 is 9.90 Å². The van der Waals surface area contributed by atoms with Gasteiger partial charge < -0.3 is 10.4 Å². The van der Waals surface area contributed by atoms with E-state index in [2.05, 4.69) is 22.2 Å². The number of carbonyl (C=O) groups is 1. The molecule has 0 aliphatic heterocycles. The molecule has 2 rings (SSSR count). The number of carboxylic acids is 1. The van der Waals surface area contributed by atoms with Crippen LogP contribution in [0, 0.1) is 0 Å². The number of thiazole rings is 1. The van der Waals surface area contributed by atoms with Crippen molar-refractivity contribution in [1.82, 2.24) is 9.97 Å². The Kier molecular flexibility index (Phi) is 4.68. The highest BCUT2D eigenvalue weighted by Gasteiger charge is 2.11. The van der Waals surface area contributed by atoms with Crippen LogP contribution in [0.1, 0.15) is 40.8 Å². The Morgan fingerprint density at radius 3 is 2.90 bits per heavy atom. The minimum absolute atomic E-state index is 0.260. The van der Waals surface area contributed by atoms with Crippen LogP contribution in [0.5, 0.6) is 0 Å². The first-order valence-corrected chi connectivity index (χ1v) is 7.35. The molecule has 20 heavy (non-hydrogen) atoms. The zero-order chi connectivity index (χ0) is 14.5. The van der Waals surface area contributed by atoms with E-state index in [1.165, 1.54) is 0 Å². The van der Waals surface area contributed by atoms with Gasteiger partial charge in [-0.25, -0.2) is 14.8 Å². The second-order valence-electron chi connectivity index (χ2n) is 4.54. The number of anilines is 1. The van der Waals surface area contributed by atoms with E-state index in [-0.39, 0.29) is 11.5 Å². The maximum absolute atomic E-state index is 11.1. The van der Waals surface area contributed by atoms with Crippen LogP contribution < -0.4 is 5.32 Å². The normalized spacial score (nSPS) is 12.1. The summed E-state index contributed by atoms with van der Waals surface area (Å²) in [4.78, 5) is 19.8. The van der Waals surface area contributed by atoms with Crippen molar-refractivity contribution in [3.8, 4) is 0 Å². The first kappa shape index (κ1) is 14.5. The number of rotatable bonds is 6. The highest BCUT2D eigenvalue weighted by atomic mass is 32.1. The summed E-state index contributed by atoms with van der Waals surface area (Å²) in [5.41, 5.74) is 1.04. The van der Waals surface area contributed by atoms with Crippen molar-refractivity contribution in [2.24, 2.45) is 0 Å². The van der Waals surface area contributed by atoms with E-state index in [1.807, 2.05) is 12.3 Å². The molecule has 106 valence electrons. The fourth-order valence-electron chi connectivity index (χ4n) is 1.81. The Balaban J connectivity index is 2.09. The van der Waals surface area contributed by atoms with E-state index in [9.17, 15) is 4.79 Å². The molecule has 2 heterocycles. The molecule has 0 bridgehead atoms. The summed E-state index contributed by atoms with van der Waals surface area (Å²) in [6.45, 7) is 4.70. The average molecular weight is 291 g/mol. The molecule has 5 nitrogen and oxygen atoms in total. The van der Waals surface area contributed by atoms with E-state index in [4.69, 9.17) is 5.11 Å². The molecule has 2 aromatic heterocycles. The van der Waals surface area contributed by atoms with Gasteiger partial charge in [-0.1, -0.05) is 13.8 Å². The third-order valence-electron chi connectivity index (χ3n) is 2.95. The SMILES string of the molecule is CCc1cc(C(=O)O)cc(NCC(C)c2nccs2)n1. The summed E-state index contributed by atoms with van der Waals surface area (Å²) < 4.78 is 0. The van der Waals surface area contributed by atoms with Gasteiger partial charge in [-0.2, -0.15) is 0 Å². The molecular formula is C14H17N3O2S. The first-order valence-electron chi connectivity index (χ1n) is 6.47. The van der Waals surface area contributed by atoms with Gasteiger partial charge in [0, 0.05) is 29.7 Å². The molecule has 0 aromatic carbocycles. The molecule has 0 aliphatic rings. The van der Waals surface area contributed by atoms with Gasteiger partial charge in [0.1, 0.15) is 5.82 Å². The molecule has 0 amide bonds. The smallest absolute Gasteiger partial charge is 0.335 e. The first-order chi connectivity index (χ1) is 9.60. The van der Waals surface area contributed by atoms with Crippen molar-refractivity contribution in [3.63, 3.8) is 0 Å². The van der Waals surface area contributed by atoms with Gasteiger partial charge in [0.15, 0.2) is 0 Å². The topological polar surface area (TPSA) is 75.1 Å². The number of pyridine rings is 1. The second-order valence-corrected chi connectivity index (χ2v) is 5.47. The highest BCUT2D eigenvalue weighted by Crippen LogP contribution is 2.19. The Bertz CT molecular complexity index is 584. The van der Waals surface area contributed by atoms with Crippen molar-refractivity contribution in [2.75, 3.05) is 11.9 Å². The number of aryl methyl sites for hydroxylation is 1. The van der Waals surface area contributed by atoms with Crippen molar-refractivity contribution in [2.45, 2.75) is 26.2 Å². The monoisotopic (exact) mass is 291 g/mol. The van der Waals surface area contributed by atoms with Gasteiger partial charge in [-0.15, -0.1) is 11.3 Å². The zero-order valence-corrected chi connectivity index (χ0v) is 12.3. The zero-order valence-electron chi connectivity index (χ0n) is 11.5. The van der Waals surface area contributed by atoms with Crippen molar-refractivity contribution >= 4 is 23.1 Å². The maximum Gasteiger partial charge on any atom is 0.335 e. The van der Waals surface area contributed by atoms with Gasteiger partial charge in [-0.05, 0) is 18.6 Å². The Labute approximate surface area is 121 Å². The number of nitrogens with one attached hydrogen (secondary N) is 1. The molecule has 1 atom stereocenters. The largest absolute Gasteiger partial charge is 0.478 e. The van der Waals surface area contributed by atoms with E-state index >= 15 is 0 Å². The standard InChI is InChI=1S/C14H17N3O2S/c1-3-11-6-10(14(18)19)7-12(17-11)16-8-9(2)13-15-4-5-20-13/h4-7,9H,3,8H2,1-2H3,(H,16,17)(H,18,19). The molecule has 0 radical (unpaired) electrons. The number of aromatic carboxylic acids is 1. The number of nitrogens with zero attached hydrogens (tertiary/aromatic N) is 2. The minimum Gasteiger partial charge on any atom is -0.478 e. The fourth-order valence-corrected chi connectivity index (χ4v) is 2.50. The molecule has 0 spiro atoms. The predicted molar refractivity (Wildman–Crippen MR) is 79.6 cm³/mol. The van der Waals surface area contributed by atoms with Gasteiger partial charge in [0.2, 0.25) is 0 Å². The summed E-state index contributed by atoms with van der Waals surface area (Å²) in [6, 6.07) is 3.17. The van der Waals surface area contributed by atoms with Gasteiger partial charge >= 0.3 is 5.97 Å². The minimum atomic E-state index is -0.932. The number of carboxylic acid groups (broad SMARTS) is 1. The van der Waals surface area contributed by atoms with Crippen LogP contribution in [0.3, 0.4) is 0 Å². The Morgan fingerprint density at radius 1 is 1.50 bits per heavy atom. The van der Waals surface area contributed by atoms with Crippen LogP contribution >= 0.6 is 11.3 Å². The summed E-state index contributed by atoms with van der Waals surface area (Å²) >= 11 is 1.62. The van der Waals surface area contributed by atoms with Gasteiger partial charge in [0.05, 0.1) is 10.6 Å². The molecular weight excluding hydrogens is 274 g/mol. The summed E-state index contributed by atoms with van der Waals surface area (Å²) in [5.74, 6) is -0.0707. The summed E-state index contributed by atoms with van der Waals surface area (Å²) in [6.07, 6.45) is 2.49. The van der Waals surface area contributed by atoms with Crippen LogP contribution in [0.4, 0.5) is 5.82 Å². The molecule has 1 unspecified atom stereocenters. The highest BCUT2D eigenvalue weighted by molar-refractivity contribution is 7.09. The van der Waals surface area contributed by atoms with Crippen LogP contribution in [0.15, 0.2) is 23.7 Å². The lowest BCUT2D eigenvalue weighted by atomic mass is 10.1. The van der Waals surface area contributed by atoms with Crippen LogP contribution in [0.25, 0.3) is 0 Å². The Hall–Kier alpha value is -1.95. The van der Waals surface area contributed by atoms with E-state index < -0.39 is 5.97 Å². The van der Waals surface area contributed by atoms with Crippen molar-refractivity contribution in [1.29, 1.82) is 0 Å². The van der Waals surface area contributed by atoms with Crippen molar-refractivity contribution in [3.05, 3.63) is 40.0 Å². The number of hydrogen-bond acceptors (Lipinski definition) is 5. The maximum atomic E-state index is 11.1. The van der Waals surface area contributed by atoms with Gasteiger partial charge in [-0.3, -0.25) is 0 Å². The fraction of sp³-hybridized carbons (Fsp3) is 0.357. The quantitative estimate of drug-likeness (QED) is 0.855. The third kappa shape index (κ3) is 3.54. The molecule has 2 aromatic rings. The average Bonchev–Trinajstić information content (AvgIpc) is 2.98. The van der Waals surface area contributed by atoms with E-state index in [0.29, 0.717) is 18.8 Å². The second kappa shape index (κ2) is 6.47. The van der Waals surface area contributed by atoms with E-state index in [1.54, 1.807) is 29.7 Å². The molecule has 0 saturated heterocycles. The molecule has 0 saturated carbocycles. The molecule has 2 N–H and O–H groups in total. The lowest BCUT2D eigenvalue weighted by Gasteiger charge is -2.12. The lowest BCUT2D eigenvalue weighted by molar-refractivity contribution is 0.0696. The van der Waals surface area contributed by atoms with Crippen LogP contribution in [-0.2, 0) is 6.42 Å². The molecule has 0 fully saturated rings. The van der Waals surface area contributed by atoms with Gasteiger partial charge in [0.25, 0.3) is 0 Å². The third-order valence-corrected chi connectivity index (χ3v) is 3.96. The molecule has 6 heteroatoms. The van der Waals surface area contributed by atoms with Crippen LogP contribution in [0.2, 0.25) is 0 Å². The molecule has 0 aliphatic carbocycles. The summed E-state index contributed by atoms with van der Waals surface area (Å²) in [7, 11) is 0.